The number of halogens is 2. The summed E-state index contributed by atoms with van der Waals surface area (Å²) in [5.41, 5.74) is 5.74. The summed E-state index contributed by atoms with van der Waals surface area (Å²) < 4.78 is 6.34. The number of rotatable bonds is 7. The SMILES string of the molecule is CCOC(=O)C1=C(CSc2nc3c(c(-c4ccccc4Cl)c2C#N)CCCC3)N(C)C(=O)NC1c1ccc(Br)cc1. The number of benzene rings is 2. The summed E-state index contributed by atoms with van der Waals surface area (Å²) in [6.07, 6.45) is 3.69. The molecule has 2 amide bonds. The van der Waals surface area contributed by atoms with E-state index < -0.39 is 12.0 Å². The Balaban J connectivity index is 1.62. The third kappa shape index (κ3) is 5.87. The second-order valence-electron chi connectivity index (χ2n) is 9.75. The zero-order chi connectivity index (χ0) is 29.1. The van der Waals surface area contributed by atoms with Crippen molar-refractivity contribution in [3.63, 3.8) is 0 Å². The van der Waals surface area contributed by atoms with Crippen LogP contribution in [0.3, 0.4) is 0 Å². The number of hydrogen-bond donors (Lipinski definition) is 1. The van der Waals surface area contributed by atoms with Gasteiger partial charge < -0.3 is 10.1 Å². The normalized spacial score (nSPS) is 16.6. The second kappa shape index (κ2) is 12.7. The van der Waals surface area contributed by atoms with Crippen LogP contribution in [-0.4, -0.2) is 41.3 Å². The Labute approximate surface area is 257 Å². The predicted octanol–water partition coefficient (Wildman–Crippen LogP) is 7.22. The van der Waals surface area contributed by atoms with E-state index in [4.69, 9.17) is 21.3 Å². The molecular formula is C31H28BrClN4O3S. The fraction of sp³-hybridized carbons (Fsp3) is 0.290. The zero-order valence-electron chi connectivity index (χ0n) is 22.7. The van der Waals surface area contributed by atoms with E-state index in [1.165, 1.54) is 16.7 Å². The second-order valence-corrected chi connectivity index (χ2v) is 12.0. The molecule has 0 spiro atoms. The van der Waals surface area contributed by atoms with Crippen molar-refractivity contribution in [1.82, 2.24) is 15.2 Å². The van der Waals surface area contributed by atoms with Crippen molar-refractivity contribution < 1.29 is 14.3 Å². The molecule has 210 valence electrons. The summed E-state index contributed by atoms with van der Waals surface area (Å²) in [7, 11) is 1.63. The van der Waals surface area contributed by atoms with E-state index in [1.54, 1.807) is 14.0 Å². The number of pyridine rings is 1. The molecule has 3 aromatic rings. The Morgan fingerprint density at radius 2 is 1.95 bits per heavy atom. The minimum Gasteiger partial charge on any atom is -0.463 e. The third-order valence-electron chi connectivity index (χ3n) is 7.32. The number of thioether (sulfide) groups is 1. The van der Waals surface area contributed by atoms with E-state index in [2.05, 4.69) is 27.3 Å². The largest absolute Gasteiger partial charge is 0.463 e. The number of fused-ring (bicyclic) bond motifs is 1. The quantitative estimate of drug-likeness (QED) is 0.214. The van der Waals surface area contributed by atoms with E-state index in [0.29, 0.717) is 26.9 Å². The lowest BCUT2D eigenvalue weighted by molar-refractivity contribution is -0.139. The smallest absolute Gasteiger partial charge is 0.338 e. The van der Waals surface area contributed by atoms with Crippen molar-refractivity contribution in [1.29, 1.82) is 5.26 Å². The zero-order valence-corrected chi connectivity index (χ0v) is 25.8. The number of aryl methyl sites for hydroxylation is 1. The lowest BCUT2D eigenvalue weighted by atomic mass is 9.87. The first kappa shape index (κ1) is 29.2. The highest BCUT2D eigenvalue weighted by molar-refractivity contribution is 9.10. The van der Waals surface area contributed by atoms with Crippen LogP contribution in [0, 0.1) is 11.3 Å². The highest BCUT2D eigenvalue weighted by Gasteiger charge is 2.37. The number of amides is 2. The molecule has 0 saturated heterocycles. The predicted molar refractivity (Wildman–Crippen MR) is 164 cm³/mol. The summed E-state index contributed by atoms with van der Waals surface area (Å²) in [5, 5.41) is 14.5. The van der Waals surface area contributed by atoms with Gasteiger partial charge in [0.2, 0.25) is 0 Å². The number of esters is 1. The molecular weight excluding hydrogens is 624 g/mol. The molecule has 1 unspecified atom stereocenters. The Kier molecular flexibility index (Phi) is 9.03. The number of urea groups is 1. The molecule has 2 heterocycles. The average Bonchev–Trinajstić information content (AvgIpc) is 2.97. The minimum absolute atomic E-state index is 0.194. The van der Waals surface area contributed by atoms with Crippen LogP contribution in [0.15, 0.2) is 69.3 Å². The number of aromatic nitrogens is 1. The summed E-state index contributed by atoms with van der Waals surface area (Å²) in [6, 6.07) is 16.4. The van der Waals surface area contributed by atoms with Gasteiger partial charge in [0.25, 0.3) is 0 Å². The van der Waals surface area contributed by atoms with Gasteiger partial charge in [-0.15, -0.1) is 0 Å². The van der Waals surface area contributed by atoms with E-state index in [1.807, 2.05) is 48.5 Å². The van der Waals surface area contributed by atoms with E-state index in [-0.39, 0.29) is 18.4 Å². The highest BCUT2D eigenvalue weighted by Crippen LogP contribution is 2.41. The van der Waals surface area contributed by atoms with Gasteiger partial charge >= 0.3 is 12.0 Å². The maximum absolute atomic E-state index is 13.4. The molecule has 7 nitrogen and oxygen atoms in total. The summed E-state index contributed by atoms with van der Waals surface area (Å²) >= 11 is 11.4. The van der Waals surface area contributed by atoms with Crippen LogP contribution in [0.4, 0.5) is 4.79 Å². The van der Waals surface area contributed by atoms with Crippen LogP contribution >= 0.6 is 39.3 Å². The minimum atomic E-state index is -0.688. The average molecular weight is 652 g/mol. The molecule has 2 aromatic carbocycles. The highest BCUT2D eigenvalue weighted by atomic mass is 79.9. The van der Waals surface area contributed by atoms with Crippen molar-refractivity contribution >= 4 is 51.3 Å². The lowest BCUT2D eigenvalue weighted by Gasteiger charge is -2.34. The Morgan fingerprint density at radius 1 is 1.22 bits per heavy atom. The standard InChI is InChI=1S/C31H28BrClN4O3S/c1-3-40-30(38)27-25(37(2)31(39)36-28(27)18-12-14-19(32)15-13-18)17-41-29-22(16-34)26(20-8-4-6-10-23(20)33)21-9-5-7-11-24(21)35-29/h4,6,8,10,12-15,28H,3,5,7,9,11,17H2,1-2H3,(H,36,39). The van der Waals surface area contributed by atoms with Gasteiger partial charge in [-0.25, -0.2) is 14.6 Å². The number of hydrogen-bond acceptors (Lipinski definition) is 6. The molecule has 1 N–H and O–H groups in total. The topological polar surface area (TPSA) is 95.3 Å². The molecule has 0 bridgehead atoms. The Bertz CT molecular complexity index is 1590. The van der Waals surface area contributed by atoms with E-state index >= 15 is 0 Å². The van der Waals surface area contributed by atoms with Crippen LogP contribution in [0.5, 0.6) is 0 Å². The monoisotopic (exact) mass is 650 g/mol. The Hall–Kier alpha value is -3.32. The summed E-state index contributed by atoms with van der Waals surface area (Å²) in [5.74, 6) is -0.272. The lowest BCUT2D eigenvalue weighted by Crippen LogP contribution is -2.47. The molecule has 1 aliphatic heterocycles. The number of nitrogens with one attached hydrogen (secondary N) is 1. The molecule has 1 aliphatic carbocycles. The molecule has 1 atom stereocenters. The summed E-state index contributed by atoms with van der Waals surface area (Å²) in [4.78, 5) is 32.9. The van der Waals surface area contributed by atoms with Crippen LogP contribution in [0.25, 0.3) is 11.1 Å². The van der Waals surface area contributed by atoms with Gasteiger partial charge in [0.05, 0.1) is 23.8 Å². The van der Waals surface area contributed by atoms with Crippen molar-refractivity contribution in [3.05, 3.63) is 91.7 Å². The van der Waals surface area contributed by atoms with Gasteiger partial charge in [0.1, 0.15) is 11.1 Å². The first-order valence-electron chi connectivity index (χ1n) is 13.4. The van der Waals surface area contributed by atoms with Gasteiger partial charge in [0, 0.05) is 44.8 Å². The number of carbonyl (C=O) groups is 2. The summed E-state index contributed by atoms with van der Waals surface area (Å²) in [6.45, 7) is 1.94. The molecule has 5 rings (SSSR count). The fourth-order valence-electron chi connectivity index (χ4n) is 5.31. The van der Waals surface area contributed by atoms with Crippen molar-refractivity contribution in [3.8, 4) is 17.2 Å². The number of nitriles is 1. The number of ether oxygens (including phenoxy) is 1. The molecule has 1 aromatic heterocycles. The van der Waals surface area contributed by atoms with Gasteiger partial charge in [0.15, 0.2) is 0 Å². The van der Waals surface area contributed by atoms with Gasteiger partial charge in [-0.3, -0.25) is 4.90 Å². The molecule has 0 fully saturated rings. The number of nitrogens with zero attached hydrogens (tertiary/aromatic N) is 3. The van der Waals surface area contributed by atoms with Gasteiger partial charge in [-0.05, 0) is 61.9 Å². The van der Waals surface area contributed by atoms with Crippen LogP contribution < -0.4 is 5.32 Å². The van der Waals surface area contributed by atoms with Gasteiger partial charge in [-0.2, -0.15) is 5.26 Å². The first-order chi connectivity index (χ1) is 19.8. The van der Waals surface area contributed by atoms with Crippen LogP contribution in [0.2, 0.25) is 5.02 Å². The number of carbonyl (C=O) groups excluding carboxylic acids is 2. The molecule has 10 heteroatoms. The van der Waals surface area contributed by atoms with Crippen molar-refractivity contribution in [2.24, 2.45) is 0 Å². The Morgan fingerprint density at radius 3 is 2.66 bits per heavy atom. The van der Waals surface area contributed by atoms with Crippen LogP contribution in [-0.2, 0) is 22.4 Å². The first-order valence-corrected chi connectivity index (χ1v) is 15.5. The molecule has 0 radical (unpaired) electrons. The third-order valence-corrected chi connectivity index (χ3v) is 9.16. The molecule has 2 aliphatic rings. The van der Waals surface area contributed by atoms with Gasteiger partial charge in [-0.1, -0.05) is 69.6 Å². The van der Waals surface area contributed by atoms with Crippen LogP contribution in [0.1, 0.15) is 48.2 Å². The fourth-order valence-corrected chi connectivity index (χ4v) is 6.90. The molecule has 0 saturated carbocycles. The van der Waals surface area contributed by atoms with E-state index in [0.717, 1.165) is 58.1 Å². The van der Waals surface area contributed by atoms with Crippen molar-refractivity contribution in [2.45, 2.75) is 43.7 Å². The van der Waals surface area contributed by atoms with Crippen molar-refractivity contribution in [2.75, 3.05) is 19.4 Å². The molecule has 41 heavy (non-hydrogen) atoms. The maximum Gasteiger partial charge on any atom is 0.338 e. The maximum atomic E-state index is 13.4. The van der Waals surface area contributed by atoms with E-state index in [9.17, 15) is 14.9 Å².